The number of hydrogen-bond donors (Lipinski definition) is 1. The number of aryl methyl sites for hydroxylation is 2. The van der Waals surface area contributed by atoms with E-state index in [4.69, 9.17) is 9.47 Å². The van der Waals surface area contributed by atoms with Gasteiger partial charge in [-0.3, -0.25) is 9.59 Å². The van der Waals surface area contributed by atoms with Crippen molar-refractivity contribution in [1.82, 2.24) is 14.9 Å². The zero-order valence-corrected chi connectivity index (χ0v) is 15.6. The number of piperidine rings is 1. The van der Waals surface area contributed by atoms with Gasteiger partial charge in [-0.25, -0.2) is 4.98 Å². The molecule has 2 aliphatic rings. The number of benzene rings is 1. The molecule has 2 aromatic rings. The molecule has 0 spiro atoms. The molecule has 142 valence electrons. The molecule has 0 saturated carbocycles. The van der Waals surface area contributed by atoms with Gasteiger partial charge in [0.2, 0.25) is 0 Å². The minimum absolute atomic E-state index is 0.0178. The van der Waals surface area contributed by atoms with Gasteiger partial charge in [-0.1, -0.05) is 0 Å². The molecule has 1 N–H and O–H groups in total. The van der Waals surface area contributed by atoms with Crippen LogP contribution in [0.3, 0.4) is 0 Å². The number of aromatic amines is 1. The molecule has 4 rings (SSSR count). The maximum Gasteiger partial charge on any atom is 0.254 e. The maximum absolute atomic E-state index is 13.2. The molecular formula is C20H23N3O4. The molecule has 0 bridgehead atoms. The van der Waals surface area contributed by atoms with E-state index in [1.54, 1.807) is 19.1 Å². The zero-order valence-electron chi connectivity index (χ0n) is 15.6. The van der Waals surface area contributed by atoms with Gasteiger partial charge in [0, 0.05) is 30.6 Å². The number of likely N-dealkylation sites (tertiary alicyclic amines) is 1. The van der Waals surface area contributed by atoms with Crippen molar-refractivity contribution in [1.29, 1.82) is 0 Å². The maximum atomic E-state index is 13.2. The van der Waals surface area contributed by atoms with Crippen molar-refractivity contribution in [3.63, 3.8) is 0 Å². The van der Waals surface area contributed by atoms with Crippen LogP contribution in [0.2, 0.25) is 0 Å². The number of fused-ring (bicyclic) bond motifs is 1. The first-order chi connectivity index (χ1) is 13.0. The number of nitrogens with one attached hydrogen (secondary N) is 1. The van der Waals surface area contributed by atoms with Gasteiger partial charge in [0.25, 0.3) is 11.5 Å². The molecule has 7 nitrogen and oxygen atoms in total. The first-order valence-corrected chi connectivity index (χ1v) is 9.28. The molecule has 1 aromatic carbocycles. The van der Waals surface area contributed by atoms with Crippen molar-refractivity contribution >= 4 is 5.91 Å². The summed E-state index contributed by atoms with van der Waals surface area (Å²) in [6.45, 7) is 5.96. The first-order valence-electron chi connectivity index (χ1n) is 9.28. The smallest absolute Gasteiger partial charge is 0.254 e. The van der Waals surface area contributed by atoms with Gasteiger partial charge in [-0.2, -0.15) is 0 Å². The van der Waals surface area contributed by atoms with Crippen LogP contribution in [-0.4, -0.2) is 47.1 Å². The highest BCUT2D eigenvalue weighted by atomic mass is 16.6. The summed E-state index contributed by atoms with van der Waals surface area (Å²) >= 11 is 0. The predicted molar refractivity (Wildman–Crippen MR) is 99.6 cm³/mol. The van der Waals surface area contributed by atoms with Crippen LogP contribution in [0.25, 0.3) is 0 Å². The Morgan fingerprint density at radius 2 is 1.93 bits per heavy atom. The number of aromatic nitrogens is 2. The van der Waals surface area contributed by atoms with Crippen LogP contribution < -0.4 is 15.0 Å². The van der Waals surface area contributed by atoms with Gasteiger partial charge in [0.1, 0.15) is 19.0 Å². The normalized spacial score (nSPS) is 19.0. The Morgan fingerprint density at radius 3 is 2.67 bits per heavy atom. The second-order valence-corrected chi connectivity index (χ2v) is 7.16. The third-order valence-electron chi connectivity index (χ3n) is 5.13. The Bertz CT molecular complexity index is 937. The SMILES string of the molecule is Cc1nc([C@@H]2CCCN(C(=O)c3cc4c(cc3C)OCCO4)C2)cc(=O)[nH]1. The van der Waals surface area contributed by atoms with Crippen LogP contribution >= 0.6 is 0 Å². The van der Waals surface area contributed by atoms with E-state index in [2.05, 4.69) is 9.97 Å². The molecule has 3 heterocycles. The van der Waals surface area contributed by atoms with Gasteiger partial charge in [0.15, 0.2) is 11.5 Å². The van der Waals surface area contributed by atoms with E-state index < -0.39 is 0 Å². The Hall–Kier alpha value is -2.83. The Labute approximate surface area is 157 Å². The number of nitrogens with zero attached hydrogens (tertiary/aromatic N) is 2. The van der Waals surface area contributed by atoms with E-state index in [1.807, 2.05) is 17.9 Å². The van der Waals surface area contributed by atoms with Gasteiger partial charge < -0.3 is 19.4 Å². The third kappa shape index (κ3) is 3.54. The molecule has 7 heteroatoms. The Balaban J connectivity index is 1.58. The van der Waals surface area contributed by atoms with E-state index in [9.17, 15) is 9.59 Å². The third-order valence-corrected chi connectivity index (χ3v) is 5.13. The first kappa shape index (κ1) is 17.6. The van der Waals surface area contributed by atoms with Crippen LogP contribution in [0, 0.1) is 13.8 Å². The zero-order chi connectivity index (χ0) is 19.0. The largest absolute Gasteiger partial charge is 0.486 e. The lowest BCUT2D eigenvalue weighted by Crippen LogP contribution is -2.40. The van der Waals surface area contributed by atoms with E-state index in [0.717, 1.165) is 24.1 Å². The second kappa shape index (κ2) is 7.06. The average molecular weight is 369 g/mol. The summed E-state index contributed by atoms with van der Waals surface area (Å²) in [7, 11) is 0. The Kier molecular flexibility index (Phi) is 4.59. The summed E-state index contributed by atoms with van der Waals surface area (Å²) in [5.74, 6) is 1.96. The standard InChI is InChI=1S/C20H23N3O4/c1-12-8-17-18(27-7-6-26-17)9-15(12)20(25)23-5-3-4-14(11-23)16-10-19(24)22-13(2)21-16/h8-10,14H,3-7,11H2,1-2H3,(H,21,22,24)/t14-/m1/s1. The van der Waals surface area contributed by atoms with Crippen molar-refractivity contribution in [3.05, 3.63) is 51.2 Å². The highest BCUT2D eigenvalue weighted by molar-refractivity contribution is 5.96. The minimum atomic E-state index is -0.149. The molecule has 1 saturated heterocycles. The van der Waals surface area contributed by atoms with Gasteiger partial charge >= 0.3 is 0 Å². The van der Waals surface area contributed by atoms with E-state index >= 15 is 0 Å². The molecular weight excluding hydrogens is 346 g/mol. The van der Waals surface area contributed by atoms with Crippen molar-refractivity contribution < 1.29 is 14.3 Å². The number of H-pyrrole nitrogens is 1. The lowest BCUT2D eigenvalue weighted by molar-refractivity contribution is 0.0704. The molecule has 0 unspecified atom stereocenters. The average Bonchev–Trinajstić information content (AvgIpc) is 2.66. The van der Waals surface area contributed by atoms with E-state index in [1.165, 1.54) is 0 Å². The molecule has 2 aliphatic heterocycles. The molecule has 0 aliphatic carbocycles. The number of amides is 1. The highest BCUT2D eigenvalue weighted by Crippen LogP contribution is 2.34. The van der Waals surface area contributed by atoms with Crippen molar-refractivity contribution in [3.8, 4) is 11.5 Å². The van der Waals surface area contributed by atoms with Crippen LogP contribution in [0.4, 0.5) is 0 Å². The number of carbonyl (C=O) groups excluding carboxylic acids is 1. The van der Waals surface area contributed by atoms with E-state index in [0.29, 0.717) is 49.2 Å². The predicted octanol–water partition coefficient (Wildman–Crippen LogP) is 2.18. The van der Waals surface area contributed by atoms with Crippen LogP contribution in [0.1, 0.15) is 46.2 Å². The number of rotatable bonds is 2. The molecule has 0 radical (unpaired) electrons. The summed E-state index contributed by atoms with van der Waals surface area (Å²) in [5.41, 5.74) is 2.11. The molecule has 1 aromatic heterocycles. The fourth-order valence-electron chi connectivity index (χ4n) is 3.81. The number of hydrogen-bond acceptors (Lipinski definition) is 5. The van der Waals surface area contributed by atoms with Crippen LogP contribution in [0.15, 0.2) is 23.0 Å². The topological polar surface area (TPSA) is 84.5 Å². The van der Waals surface area contributed by atoms with E-state index in [-0.39, 0.29) is 17.4 Å². The summed E-state index contributed by atoms with van der Waals surface area (Å²) in [6.07, 6.45) is 1.80. The van der Waals surface area contributed by atoms with Gasteiger partial charge in [-0.05, 0) is 44.4 Å². The fourth-order valence-corrected chi connectivity index (χ4v) is 3.81. The quantitative estimate of drug-likeness (QED) is 0.877. The van der Waals surface area contributed by atoms with Crippen molar-refractivity contribution in [2.45, 2.75) is 32.6 Å². The monoisotopic (exact) mass is 369 g/mol. The van der Waals surface area contributed by atoms with Crippen LogP contribution in [-0.2, 0) is 0 Å². The molecule has 27 heavy (non-hydrogen) atoms. The second-order valence-electron chi connectivity index (χ2n) is 7.16. The lowest BCUT2D eigenvalue weighted by Gasteiger charge is -2.33. The molecule has 1 atom stereocenters. The number of ether oxygens (including phenoxy) is 2. The Morgan fingerprint density at radius 1 is 1.19 bits per heavy atom. The summed E-state index contributed by atoms with van der Waals surface area (Å²) in [6, 6.07) is 5.19. The summed E-state index contributed by atoms with van der Waals surface area (Å²) in [4.78, 5) is 33.9. The fraction of sp³-hybridized carbons (Fsp3) is 0.450. The molecule has 1 amide bonds. The summed E-state index contributed by atoms with van der Waals surface area (Å²) in [5, 5.41) is 0. The van der Waals surface area contributed by atoms with Crippen LogP contribution in [0.5, 0.6) is 11.5 Å². The van der Waals surface area contributed by atoms with Gasteiger partial charge in [-0.15, -0.1) is 0 Å². The minimum Gasteiger partial charge on any atom is -0.486 e. The lowest BCUT2D eigenvalue weighted by atomic mass is 9.93. The van der Waals surface area contributed by atoms with Crippen molar-refractivity contribution in [2.24, 2.45) is 0 Å². The number of carbonyl (C=O) groups is 1. The highest BCUT2D eigenvalue weighted by Gasteiger charge is 2.28. The molecule has 1 fully saturated rings. The van der Waals surface area contributed by atoms with Gasteiger partial charge in [0.05, 0.1) is 5.69 Å². The van der Waals surface area contributed by atoms with Crippen molar-refractivity contribution in [2.75, 3.05) is 26.3 Å². The summed E-state index contributed by atoms with van der Waals surface area (Å²) < 4.78 is 11.2.